The largest absolute Gasteiger partial charge is 0.489 e. The third kappa shape index (κ3) is 5.88. The Bertz CT molecular complexity index is 763. The molecule has 1 amide bonds. The van der Waals surface area contributed by atoms with Gasteiger partial charge in [0.2, 0.25) is 5.91 Å². The van der Waals surface area contributed by atoms with E-state index in [1.54, 1.807) is 30.3 Å². The minimum absolute atomic E-state index is 0.181. The molecular formula is C20H22FNO4. The van der Waals surface area contributed by atoms with Crippen LogP contribution in [0.5, 0.6) is 5.75 Å². The Kier molecular flexibility index (Phi) is 7.14. The first-order valence-corrected chi connectivity index (χ1v) is 8.49. The van der Waals surface area contributed by atoms with Crippen molar-refractivity contribution < 1.29 is 23.8 Å². The van der Waals surface area contributed by atoms with E-state index in [1.807, 2.05) is 6.92 Å². The van der Waals surface area contributed by atoms with E-state index in [9.17, 15) is 14.0 Å². The fourth-order valence-corrected chi connectivity index (χ4v) is 2.51. The zero-order valence-corrected chi connectivity index (χ0v) is 14.6. The number of amides is 1. The van der Waals surface area contributed by atoms with E-state index in [0.717, 1.165) is 0 Å². The van der Waals surface area contributed by atoms with Crippen LogP contribution in [-0.2, 0) is 11.2 Å². The Morgan fingerprint density at radius 1 is 1.19 bits per heavy atom. The average Bonchev–Trinajstić information content (AvgIpc) is 2.63. The fourth-order valence-electron chi connectivity index (χ4n) is 2.51. The van der Waals surface area contributed by atoms with Crippen molar-refractivity contribution in [1.82, 2.24) is 5.32 Å². The number of hydrogen-bond acceptors (Lipinski definition) is 3. The van der Waals surface area contributed by atoms with E-state index in [2.05, 4.69) is 5.32 Å². The predicted molar refractivity (Wildman–Crippen MR) is 95.8 cm³/mol. The smallest absolute Gasteiger partial charge is 0.335 e. The Morgan fingerprint density at radius 3 is 2.65 bits per heavy atom. The lowest BCUT2D eigenvalue weighted by Gasteiger charge is -2.18. The summed E-state index contributed by atoms with van der Waals surface area (Å²) in [4.78, 5) is 23.2. The molecule has 26 heavy (non-hydrogen) atoms. The highest BCUT2D eigenvalue weighted by Gasteiger charge is 2.13. The molecule has 0 aliphatic carbocycles. The molecular weight excluding hydrogens is 337 g/mol. The standard InChI is InChI=1S/C20H22FNO4/c1-2-16(26-17-8-5-7-15(21)12-17)13-22-19(23)11-10-14-6-3-4-9-18(14)20(24)25/h3-9,12,16H,2,10-11,13H2,1H3,(H,22,23)(H,24,25). The molecule has 1 unspecified atom stereocenters. The van der Waals surface area contributed by atoms with Gasteiger partial charge in [-0.3, -0.25) is 4.79 Å². The van der Waals surface area contributed by atoms with Crippen LogP contribution in [0.2, 0.25) is 0 Å². The van der Waals surface area contributed by atoms with Crippen LogP contribution in [0.1, 0.15) is 35.7 Å². The van der Waals surface area contributed by atoms with Crippen LogP contribution in [0.15, 0.2) is 48.5 Å². The third-order valence-electron chi connectivity index (χ3n) is 3.95. The summed E-state index contributed by atoms with van der Waals surface area (Å²) in [6, 6.07) is 12.5. The number of halogens is 1. The van der Waals surface area contributed by atoms with Gasteiger partial charge in [0.25, 0.3) is 0 Å². The Labute approximate surface area is 151 Å². The maximum absolute atomic E-state index is 13.2. The second-order valence-electron chi connectivity index (χ2n) is 5.87. The molecule has 1 atom stereocenters. The van der Waals surface area contributed by atoms with Crippen LogP contribution in [0, 0.1) is 5.82 Å². The summed E-state index contributed by atoms with van der Waals surface area (Å²) in [6.07, 6.45) is 0.905. The highest BCUT2D eigenvalue weighted by molar-refractivity contribution is 5.89. The number of carboxylic acid groups (broad SMARTS) is 1. The number of carbonyl (C=O) groups is 2. The van der Waals surface area contributed by atoms with E-state index < -0.39 is 5.97 Å². The molecule has 6 heteroatoms. The second kappa shape index (κ2) is 9.56. The molecule has 0 aromatic heterocycles. The quantitative estimate of drug-likeness (QED) is 0.719. The molecule has 0 saturated carbocycles. The van der Waals surface area contributed by atoms with Crippen molar-refractivity contribution in [3.8, 4) is 5.75 Å². The molecule has 0 radical (unpaired) electrons. The predicted octanol–water partition coefficient (Wildman–Crippen LogP) is 3.43. The molecule has 5 nitrogen and oxygen atoms in total. The van der Waals surface area contributed by atoms with Gasteiger partial charge >= 0.3 is 5.97 Å². The van der Waals surface area contributed by atoms with Gasteiger partial charge < -0.3 is 15.2 Å². The summed E-state index contributed by atoms with van der Waals surface area (Å²) in [7, 11) is 0. The van der Waals surface area contributed by atoms with Crippen molar-refractivity contribution >= 4 is 11.9 Å². The van der Waals surface area contributed by atoms with E-state index in [-0.39, 0.29) is 29.8 Å². The van der Waals surface area contributed by atoms with Gasteiger partial charge in [-0.05, 0) is 36.6 Å². The van der Waals surface area contributed by atoms with Crippen LogP contribution in [0.25, 0.3) is 0 Å². The van der Waals surface area contributed by atoms with Gasteiger partial charge in [0.15, 0.2) is 0 Å². The molecule has 2 aromatic rings. The van der Waals surface area contributed by atoms with Crippen LogP contribution in [0.4, 0.5) is 4.39 Å². The van der Waals surface area contributed by atoms with E-state index in [1.165, 1.54) is 18.2 Å². The minimum atomic E-state index is -1.00. The number of rotatable bonds is 9. The van der Waals surface area contributed by atoms with Crippen LogP contribution in [0.3, 0.4) is 0 Å². The highest BCUT2D eigenvalue weighted by atomic mass is 19.1. The van der Waals surface area contributed by atoms with E-state index in [4.69, 9.17) is 9.84 Å². The van der Waals surface area contributed by atoms with Crippen LogP contribution in [-0.4, -0.2) is 29.6 Å². The lowest BCUT2D eigenvalue weighted by molar-refractivity contribution is -0.121. The van der Waals surface area contributed by atoms with Gasteiger partial charge in [0.1, 0.15) is 17.7 Å². The summed E-state index contributed by atoms with van der Waals surface area (Å²) >= 11 is 0. The van der Waals surface area contributed by atoms with Gasteiger partial charge in [-0.1, -0.05) is 31.2 Å². The van der Waals surface area contributed by atoms with Gasteiger partial charge in [-0.2, -0.15) is 0 Å². The molecule has 2 N–H and O–H groups in total. The lowest BCUT2D eigenvalue weighted by Crippen LogP contribution is -2.35. The first-order chi connectivity index (χ1) is 12.5. The Balaban J connectivity index is 1.83. The number of hydrogen-bond donors (Lipinski definition) is 2. The van der Waals surface area contributed by atoms with Crippen molar-refractivity contribution in [2.45, 2.75) is 32.3 Å². The molecule has 0 fully saturated rings. The molecule has 0 aliphatic rings. The SMILES string of the molecule is CCC(CNC(=O)CCc1ccccc1C(=O)O)Oc1cccc(F)c1. The van der Waals surface area contributed by atoms with Crippen molar-refractivity contribution in [3.05, 3.63) is 65.5 Å². The zero-order valence-electron chi connectivity index (χ0n) is 14.6. The number of carbonyl (C=O) groups excluding carboxylic acids is 1. The molecule has 138 valence electrons. The van der Waals surface area contributed by atoms with Crippen LogP contribution < -0.4 is 10.1 Å². The Morgan fingerprint density at radius 2 is 1.96 bits per heavy atom. The van der Waals surface area contributed by atoms with Gasteiger partial charge in [-0.25, -0.2) is 9.18 Å². The number of nitrogens with one attached hydrogen (secondary N) is 1. The maximum Gasteiger partial charge on any atom is 0.335 e. The third-order valence-corrected chi connectivity index (χ3v) is 3.95. The van der Waals surface area contributed by atoms with Gasteiger partial charge in [-0.15, -0.1) is 0 Å². The number of ether oxygens (including phenoxy) is 1. The monoisotopic (exact) mass is 359 g/mol. The minimum Gasteiger partial charge on any atom is -0.489 e. The fraction of sp³-hybridized carbons (Fsp3) is 0.300. The topological polar surface area (TPSA) is 75.6 Å². The summed E-state index contributed by atoms with van der Waals surface area (Å²) in [6.45, 7) is 2.21. The number of carboxylic acids is 1. The van der Waals surface area contributed by atoms with Crippen LogP contribution >= 0.6 is 0 Å². The first-order valence-electron chi connectivity index (χ1n) is 8.49. The zero-order chi connectivity index (χ0) is 18.9. The molecule has 0 heterocycles. The second-order valence-corrected chi connectivity index (χ2v) is 5.87. The molecule has 0 aliphatic heterocycles. The molecule has 0 saturated heterocycles. The van der Waals surface area contributed by atoms with Gasteiger partial charge in [0, 0.05) is 12.5 Å². The molecule has 0 spiro atoms. The highest BCUT2D eigenvalue weighted by Crippen LogP contribution is 2.15. The summed E-state index contributed by atoms with van der Waals surface area (Å²) in [5, 5.41) is 11.9. The van der Waals surface area contributed by atoms with Gasteiger partial charge in [0.05, 0.1) is 12.1 Å². The van der Waals surface area contributed by atoms with E-state index in [0.29, 0.717) is 30.7 Å². The van der Waals surface area contributed by atoms with Crippen molar-refractivity contribution in [2.75, 3.05) is 6.54 Å². The normalized spacial score (nSPS) is 11.6. The lowest BCUT2D eigenvalue weighted by atomic mass is 10.0. The van der Waals surface area contributed by atoms with Crippen molar-refractivity contribution in [2.24, 2.45) is 0 Å². The number of benzene rings is 2. The number of aryl methyl sites for hydroxylation is 1. The maximum atomic E-state index is 13.2. The summed E-state index contributed by atoms with van der Waals surface area (Å²) < 4.78 is 18.9. The van der Waals surface area contributed by atoms with E-state index >= 15 is 0 Å². The summed E-state index contributed by atoms with van der Waals surface area (Å²) in [5.74, 6) is -1.15. The summed E-state index contributed by atoms with van der Waals surface area (Å²) in [5.41, 5.74) is 0.833. The average molecular weight is 359 g/mol. The molecule has 2 rings (SSSR count). The first kappa shape index (κ1) is 19.4. The molecule has 0 bridgehead atoms. The van der Waals surface area contributed by atoms with Crippen molar-refractivity contribution in [1.29, 1.82) is 0 Å². The number of aromatic carboxylic acids is 1. The molecule has 2 aromatic carbocycles. The Hall–Kier alpha value is -2.89. The van der Waals surface area contributed by atoms with Crippen molar-refractivity contribution in [3.63, 3.8) is 0 Å².